The topological polar surface area (TPSA) is 99.8 Å². The molecule has 0 saturated carbocycles. The number of fused-ring (bicyclic) bond motifs is 1. The number of carbonyl (C=O) groups is 3. The Morgan fingerprint density at radius 2 is 2.17 bits per heavy atom. The Balaban J connectivity index is 1.42. The van der Waals surface area contributed by atoms with Gasteiger partial charge >= 0.3 is 0 Å². The molecule has 0 aromatic heterocycles. The van der Waals surface area contributed by atoms with E-state index in [9.17, 15) is 14.4 Å². The number of nitrogens with one attached hydrogen (secondary N) is 3. The lowest BCUT2D eigenvalue weighted by Gasteiger charge is -2.40. The molecule has 3 amide bonds. The highest BCUT2D eigenvalue weighted by Crippen LogP contribution is 2.32. The van der Waals surface area contributed by atoms with Gasteiger partial charge in [-0.15, -0.1) is 0 Å². The van der Waals surface area contributed by atoms with Crippen LogP contribution in [0.15, 0.2) is 18.2 Å². The van der Waals surface area contributed by atoms with Crippen LogP contribution in [0.2, 0.25) is 0 Å². The summed E-state index contributed by atoms with van der Waals surface area (Å²) in [5.74, 6) is -0.374. The Kier molecular flexibility index (Phi) is 5.69. The largest absolute Gasteiger partial charge is 0.376 e. The molecule has 3 atom stereocenters. The Morgan fingerprint density at radius 1 is 1.33 bits per heavy atom. The Morgan fingerprint density at radius 3 is 2.93 bits per heavy atom. The van der Waals surface area contributed by atoms with Gasteiger partial charge in [-0.05, 0) is 50.8 Å². The number of hydrogen-bond donors (Lipinski definition) is 3. The number of nitrogens with zero attached hydrogens (tertiary/aromatic N) is 1. The van der Waals surface area contributed by atoms with Gasteiger partial charge in [0.2, 0.25) is 11.8 Å². The van der Waals surface area contributed by atoms with Crippen molar-refractivity contribution in [1.29, 1.82) is 0 Å². The molecular formula is C22H30N4O4. The number of carbonyl (C=O) groups excluding carboxylic acids is 3. The summed E-state index contributed by atoms with van der Waals surface area (Å²) in [6.07, 6.45) is 3.30. The Bertz CT molecular complexity index is 852. The first-order valence-electron chi connectivity index (χ1n) is 10.8. The van der Waals surface area contributed by atoms with Crippen LogP contribution in [-0.2, 0) is 14.3 Å². The minimum absolute atomic E-state index is 0.0643. The first kappa shape index (κ1) is 20.7. The van der Waals surface area contributed by atoms with Crippen LogP contribution in [0.3, 0.4) is 0 Å². The quantitative estimate of drug-likeness (QED) is 0.694. The molecule has 3 aliphatic rings. The van der Waals surface area contributed by atoms with Gasteiger partial charge in [0.05, 0.1) is 11.7 Å². The van der Waals surface area contributed by atoms with Crippen molar-refractivity contribution in [1.82, 2.24) is 15.5 Å². The van der Waals surface area contributed by atoms with Gasteiger partial charge in [-0.1, -0.05) is 6.07 Å². The number of rotatable bonds is 4. The van der Waals surface area contributed by atoms with E-state index in [-0.39, 0.29) is 30.2 Å². The molecule has 2 fully saturated rings. The molecule has 0 unspecified atom stereocenters. The summed E-state index contributed by atoms with van der Waals surface area (Å²) in [7, 11) is 0. The van der Waals surface area contributed by atoms with Crippen LogP contribution in [0.25, 0.3) is 0 Å². The maximum Gasteiger partial charge on any atom is 0.255 e. The van der Waals surface area contributed by atoms with E-state index in [1.165, 1.54) is 0 Å². The van der Waals surface area contributed by atoms with Gasteiger partial charge < -0.3 is 25.6 Å². The third-order valence-electron chi connectivity index (χ3n) is 6.39. The zero-order valence-electron chi connectivity index (χ0n) is 17.6. The second kappa shape index (κ2) is 8.26. The van der Waals surface area contributed by atoms with E-state index in [2.05, 4.69) is 16.0 Å². The lowest BCUT2D eigenvalue weighted by Crippen LogP contribution is -2.58. The van der Waals surface area contributed by atoms with Gasteiger partial charge in [0.15, 0.2) is 0 Å². The van der Waals surface area contributed by atoms with E-state index in [0.29, 0.717) is 31.5 Å². The average Bonchev–Trinajstić information content (AvgIpc) is 3.18. The maximum atomic E-state index is 12.8. The van der Waals surface area contributed by atoms with E-state index >= 15 is 0 Å². The van der Waals surface area contributed by atoms with Gasteiger partial charge in [-0.25, -0.2) is 0 Å². The highest BCUT2D eigenvalue weighted by molar-refractivity contribution is 6.02. The fourth-order valence-electron chi connectivity index (χ4n) is 4.53. The van der Waals surface area contributed by atoms with Crippen LogP contribution in [-0.4, -0.2) is 60.1 Å². The molecule has 1 aromatic rings. The fourth-order valence-corrected chi connectivity index (χ4v) is 4.53. The monoisotopic (exact) mass is 414 g/mol. The van der Waals surface area contributed by atoms with Crippen molar-refractivity contribution in [2.24, 2.45) is 0 Å². The molecule has 8 nitrogen and oxygen atoms in total. The van der Waals surface area contributed by atoms with Crippen molar-refractivity contribution < 1.29 is 19.1 Å². The van der Waals surface area contributed by atoms with E-state index in [0.717, 1.165) is 30.7 Å². The predicted octanol–water partition coefficient (Wildman–Crippen LogP) is 1.54. The van der Waals surface area contributed by atoms with Crippen LogP contribution >= 0.6 is 0 Å². The molecule has 0 bridgehead atoms. The molecule has 3 N–H and O–H groups in total. The van der Waals surface area contributed by atoms with Crippen molar-refractivity contribution in [2.75, 3.05) is 25.0 Å². The molecule has 4 rings (SSSR count). The molecule has 8 heteroatoms. The van der Waals surface area contributed by atoms with Gasteiger partial charge in [0.1, 0.15) is 11.7 Å². The molecule has 0 aliphatic carbocycles. The molecular weight excluding hydrogens is 384 g/mol. The van der Waals surface area contributed by atoms with Crippen LogP contribution in [0.5, 0.6) is 0 Å². The SMILES string of the molecule is Cc1ccc2c(c1)N[C@@]1(CCC(=O)N([C@@H](C)C(=O)NC[C@@H]3CCCO3)CC1)NC2=O. The van der Waals surface area contributed by atoms with Crippen molar-refractivity contribution in [3.63, 3.8) is 0 Å². The Labute approximate surface area is 176 Å². The zero-order chi connectivity index (χ0) is 21.3. The van der Waals surface area contributed by atoms with E-state index in [1.807, 2.05) is 25.1 Å². The van der Waals surface area contributed by atoms with Crippen LogP contribution in [0.1, 0.15) is 54.9 Å². The number of aryl methyl sites for hydroxylation is 1. The molecule has 3 aliphatic heterocycles. The lowest BCUT2D eigenvalue weighted by molar-refractivity contribution is -0.139. The van der Waals surface area contributed by atoms with E-state index in [1.54, 1.807) is 11.8 Å². The Hall–Kier alpha value is -2.61. The second-order valence-corrected chi connectivity index (χ2v) is 8.60. The normalized spacial score (nSPS) is 27.1. The fraction of sp³-hybridized carbons (Fsp3) is 0.591. The van der Waals surface area contributed by atoms with Crippen molar-refractivity contribution in [3.8, 4) is 0 Å². The van der Waals surface area contributed by atoms with Gasteiger partial charge in [-0.3, -0.25) is 14.4 Å². The smallest absolute Gasteiger partial charge is 0.255 e. The van der Waals surface area contributed by atoms with E-state index in [4.69, 9.17) is 4.74 Å². The summed E-state index contributed by atoms with van der Waals surface area (Å²) in [6, 6.07) is 5.12. The van der Waals surface area contributed by atoms with Gasteiger partial charge in [0, 0.05) is 38.2 Å². The number of benzene rings is 1. The first-order chi connectivity index (χ1) is 14.4. The summed E-state index contributed by atoms with van der Waals surface area (Å²) in [5, 5.41) is 9.46. The first-order valence-corrected chi connectivity index (χ1v) is 10.8. The van der Waals surface area contributed by atoms with Crippen molar-refractivity contribution in [3.05, 3.63) is 29.3 Å². The molecule has 1 aromatic carbocycles. The third-order valence-corrected chi connectivity index (χ3v) is 6.39. The minimum Gasteiger partial charge on any atom is -0.376 e. The molecule has 162 valence electrons. The van der Waals surface area contributed by atoms with Crippen molar-refractivity contribution in [2.45, 2.75) is 63.8 Å². The van der Waals surface area contributed by atoms with Crippen LogP contribution in [0, 0.1) is 6.92 Å². The minimum atomic E-state index is -0.684. The number of hydrogen-bond acceptors (Lipinski definition) is 5. The third kappa shape index (κ3) is 4.14. The summed E-state index contributed by atoms with van der Waals surface area (Å²) in [4.78, 5) is 39.7. The van der Waals surface area contributed by atoms with Crippen LogP contribution in [0.4, 0.5) is 5.69 Å². The average molecular weight is 415 g/mol. The number of anilines is 1. The van der Waals surface area contributed by atoms with Crippen molar-refractivity contribution >= 4 is 23.4 Å². The summed E-state index contributed by atoms with van der Waals surface area (Å²) < 4.78 is 5.55. The number of likely N-dealkylation sites (tertiary alicyclic amines) is 1. The van der Waals surface area contributed by atoms with Gasteiger partial charge in [-0.2, -0.15) is 0 Å². The second-order valence-electron chi connectivity index (χ2n) is 8.60. The van der Waals surface area contributed by atoms with Crippen LogP contribution < -0.4 is 16.0 Å². The van der Waals surface area contributed by atoms with E-state index < -0.39 is 11.7 Å². The summed E-state index contributed by atoms with van der Waals surface area (Å²) >= 11 is 0. The molecule has 0 radical (unpaired) electrons. The van der Waals surface area contributed by atoms with Gasteiger partial charge in [0.25, 0.3) is 5.91 Å². The maximum absolute atomic E-state index is 12.8. The predicted molar refractivity (Wildman–Crippen MR) is 112 cm³/mol. The molecule has 30 heavy (non-hydrogen) atoms. The molecule has 1 spiro atoms. The highest BCUT2D eigenvalue weighted by Gasteiger charge is 2.41. The number of ether oxygens (including phenoxy) is 1. The summed E-state index contributed by atoms with van der Waals surface area (Å²) in [5.41, 5.74) is 1.78. The zero-order valence-corrected chi connectivity index (χ0v) is 17.6. The molecule has 3 heterocycles. The summed E-state index contributed by atoms with van der Waals surface area (Å²) in [6.45, 7) is 5.34. The highest BCUT2D eigenvalue weighted by atomic mass is 16.5. The standard InChI is InChI=1S/C22H30N4O4/c1-14-5-6-17-18(12-14)24-22(25-21(17)29)8-7-19(27)26(10-9-22)15(2)20(28)23-13-16-4-3-11-30-16/h5-6,12,15-16,24H,3-4,7-11,13H2,1-2H3,(H,23,28)(H,25,29)/t15-,16-,22-/m0/s1. The number of amides is 3. The molecule has 2 saturated heterocycles. The lowest BCUT2D eigenvalue weighted by atomic mass is 9.94.